The van der Waals surface area contributed by atoms with Crippen LogP contribution in [-0.4, -0.2) is 27.3 Å². The van der Waals surface area contributed by atoms with E-state index in [9.17, 15) is 4.79 Å². The van der Waals surface area contributed by atoms with Crippen LogP contribution >= 0.6 is 11.3 Å². The van der Waals surface area contributed by atoms with Crippen LogP contribution in [0.3, 0.4) is 0 Å². The summed E-state index contributed by atoms with van der Waals surface area (Å²) >= 11 is 1.55. The molecule has 0 aliphatic heterocycles. The molecule has 8 heteroatoms. The fourth-order valence-corrected chi connectivity index (χ4v) is 2.32. The number of nitrogens with zero attached hydrogens (tertiary/aromatic N) is 4. The van der Waals surface area contributed by atoms with Gasteiger partial charge >= 0.3 is 6.03 Å². The zero-order valence-electron chi connectivity index (χ0n) is 11.1. The van der Waals surface area contributed by atoms with E-state index in [0.717, 1.165) is 5.01 Å². The monoisotopic (exact) mass is 290 g/mol. The highest BCUT2D eigenvalue weighted by Crippen LogP contribution is 2.16. The summed E-state index contributed by atoms with van der Waals surface area (Å²) < 4.78 is 1.48. The third-order valence-electron chi connectivity index (χ3n) is 2.62. The van der Waals surface area contributed by atoms with E-state index in [-0.39, 0.29) is 17.8 Å². The Hall–Kier alpha value is -2.40. The first-order chi connectivity index (χ1) is 9.60. The van der Waals surface area contributed by atoms with Crippen molar-refractivity contribution in [3.8, 4) is 6.07 Å². The topological polar surface area (TPSA) is 95.6 Å². The van der Waals surface area contributed by atoms with Crippen molar-refractivity contribution in [2.45, 2.75) is 12.8 Å². The molecule has 0 spiro atoms. The maximum absolute atomic E-state index is 11.8. The van der Waals surface area contributed by atoms with Crippen molar-refractivity contribution >= 4 is 23.2 Å². The van der Waals surface area contributed by atoms with Gasteiger partial charge in [0, 0.05) is 37.3 Å². The lowest BCUT2D eigenvalue weighted by molar-refractivity contribution is 0.251. The number of carbonyl (C=O) groups is 1. The molecule has 2 rings (SSSR count). The Bertz CT molecular complexity index is 627. The predicted octanol–water partition coefficient (Wildman–Crippen LogP) is 1.67. The lowest BCUT2D eigenvalue weighted by Crippen LogP contribution is -2.32. The lowest BCUT2D eigenvalue weighted by Gasteiger charge is -2.10. The van der Waals surface area contributed by atoms with Crippen LogP contribution in [0.5, 0.6) is 0 Å². The zero-order chi connectivity index (χ0) is 14.5. The normalized spacial score (nSPS) is 11.7. The Morgan fingerprint density at radius 3 is 3.10 bits per heavy atom. The summed E-state index contributed by atoms with van der Waals surface area (Å²) in [5.41, 5.74) is 0.329. The highest BCUT2D eigenvalue weighted by atomic mass is 32.1. The molecule has 0 aliphatic carbocycles. The van der Waals surface area contributed by atoms with Crippen molar-refractivity contribution in [3.05, 3.63) is 28.3 Å². The number of urea groups is 1. The number of nitrogens with one attached hydrogen (secondary N) is 2. The van der Waals surface area contributed by atoms with Crippen LogP contribution in [-0.2, 0) is 7.05 Å². The minimum Gasteiger partial charge on any atom is -0.337 e. The fraction of sp³-hybridized carbons (Fsp3) is 0.333. The van der Waals surface area contributed by atoms with Crippen LogP contribution < -0.4 is 10.6 Å². The van der Waals surface area contributed by atoms with Crippen molar-refractivity contribution in [2.75, 3.05) is 11.9 Å². The van der Waals surface area contributed by atoms with E-state index >= 15 is 0 Å². The molecule has 2 aromatic rings. The molecule has 2 amide bonds. The van der Waals surface area contributed by atoms with E-state index in [4.69, 9.17) is 5.26 Å². The molecule has 0 saturated carbocycles. The summed E-state index contributed by atoms with van der Waals surface area (Å²) in [5.74, 6) is 0.398. The maximum Gasteiger partial charge on any atom is 0.320 e. The highest BCUT2D eigenvalue weighted by molar-refractivity contribution is 7.09. The standard InChI is InChI=1S/C12H14N6OS/c1-8(11-14-3-4-20-11)6-15-12(19)16-10-9(5-13)7-18(2)17-10/h3-4,7-8H,6H2,1-2H3,(H2,15,16,17,19)/t8-/m0/s1. The maximum atomic E-state index is 11.8. The second-order valence-corrected chi connectivity index (χ2v) is 5.21. The zero-order valence-corrected chi connectivity index (χ0v) is 11.9. The van der Waals surface area contributed by atoms with Gasteiger partial charge in [0.2, 0.25) is 0 Å². The molecular formula is C12H14N6OS. The Morgan fingerprint density at radius 1 is 1.65 bits per heavy atom. The first-order valence-electron chi connectivity index (χ1n) is 5.98. The minimum atomic E-state index is -0.386. The van der Waals surface area contributed by atoms with Crippen LogP contribution in [0.1, 0.15) is 23.4 Å². The Labute approximate surface area is 120 Å². The SMILES string of the molecule is C[C@@H](CNC(=O)Nc1nn(C)cc1C#N)c1nccs1. The number of hydrogen-bond donors (Lipinski definition) is 2. The van der Waals surface area contributed by atoms with Crippen molar-refractivity contribution in [2.24, 2.45) is 7.05 Å². The Balaban J connectivity index is 1.88. The summed E-state index contributed by atoms with van der Waals surface area (Å²) in [6.07, 6.45) is 3.29. The summed E-state index contributed by atoms with van der Waals surface area (Å²) in [6, 6.07) is 1.59. The average Bonchev–Trinajstić information content (AvgIpc) is 3.05. The van der Waals surface area contributed by atoms with Gasteiger partial charge in [-0.25, -0.2) is 9.78 Å². The van der Waals surface area contributed by atoms with E-state index in [0.29, 0.717) is 12.1 Å². The number of anilines is 1. The predicted molar refractivity (Wildman–Crippen MR) is 75.5 cm³/mol. The average molecular weight is 290 g/mol. The van der Waals surface area contributed by atoms with Crippen LogP contribution in [0.4, 0.5) is 10.6 Å². The molecule has 2 heterocycles. The van der Waals surface area contributed by atoms with E-state index in [1.165, 1.54) is 4.68 Å². The van der Waals surface area contributed by atoms with Crippen LogP contribution in [0, 0.1) is 11.3 Å². The lowest BCUT2D eigenvalue weighted by atomic mass is 10.2. The Kier molecular flexibility index (Phi) is 4.32. The molecular weight excluding hydrogens is 276 g/mol. The van der Waals surface area contributed by atoms with Crippen molar-refractivity contribution in [3.63, 3.8) is 0 Å². The molecule has 0 bridgehead atoms. The number of rotatable bonds is 4. The number of aromatic nitrogens is 3. The summed E-state index contributed by atoms with van der Waals surface area (Å²) in [7, 11) is 1.69. The molecule has 2 aromatic heterocycles. The number of carbonyl (C=O) groups excluding carboxylic acids is 1. The van der Waals surface area contributed by atoms with Gasteiger partial charge in [-0.2, -0.15) is 10.4 Å². The highest BCUT2D eigenvalue weighted by Gasteiger charge is 2.13. The molecule has 0 aliphatic rings. The van der Waals surface area contributed by atoms with Gasteiger partial charge < -0.3 is 5.32 Å². The third kappa shape index (κ3) is 3.33. The van der Waals surface area contributed by atoms with Gasteiger partial charge in [-0.1, -0.05) is 6.92 Å². The number of hydrogen-bond acceptors (Lipinski definition) is 5. The minimum absolute atomic E-state index is 0.139. The summed E-state index contributed by atoms with van der Waals surface area (Å²) in [4.78, 5) is 16.0. The van der Waals surface area contributed by atoms with Gasteiger partial charge in [0.05, 0.1) is 5.01 Å². The van der Waals surface area contributed by atoms with E-state index in [1.807, 2.05) is 18.4 Å². The molecule has 0 unspecified atom stereocenters. The van der Waals surface area contributed by atoms with E-state index in [2.05, 4.69) is 20.7 Å². The number of aryl methyl sites for hydroxylation is 1. The van der Waals surface area contributed by atoms with Crippen molar-refractivity contribution in [1.29, 1.82) is 5.26 Å². The van der Waals surface area contributed by atoms with Gasteiger partial charge in [-0.15, -0.1) is 11.3 Å². The van der Waals surface area contributed by atoms with E-state index < -0.39 is 0 Å². The molecule has 20 heavy (non-hydrogen) atoms. The summed E-state index contributed by atoms with van der Waals surface area (Å²) in [5, 5.41) is 21.1. The summed E-state index contributed by atoms with van der Waals surface area (Å²) in [6.45, 7) is 2.45. The Morgan fingerprint density at radius 2 is 2.45 bits per heavy atom. The second-order valence-electron chi connectivity index (χ2n) is 4.28. The molecule has 0 fully saturated rings. The van der Waals surface area contributed by atoms with Gasteiger partial charge in [0.15, 0.2) is 5.82 Å². The molecule has 7 nitrogen and oxygen atoms in total. The van der Waals surface area contributed by atoms with Gasteiger partial charge in [-0.05, 0) is 0 Å². The van der Waals surface area contributed by atoms with Crippen LogP contribution in [0.15, 0.2) is 17.8 Å². The molecule has 0 aromatic carbocycles. The second kappa shape index (κ2) is 6.16. The van der Waals surface area contributed by atoms with Gasteiger partial charge in [0.25, 0.3) is 0 Å². The smallest absolute Gasteiger partial charge is 0.320 e. The molecule has 2 N–H and O–H groups in total. The van der Waals surface area contributed by atoms with Crippen LogP contribution in [0.2, 0.25) is 0 Å². The van der Waals surface area contributed by atoms with Crippen molar-refractivity contribution in [1.82, 2.24) is 20.1 Å². The van der Waals surface area contributed by atoms with Gasteiger partial charge in [0.1, 0.15) is 11.6 Å². The number of nitriles is 1. The van der Waals surface area contributed by atoms with Crippen LogP contribution in [0.25, 0.3) is 0 Å². The fourth-order valence-electron chi connectivity index (χ4n) is 1.63. The van der Waals surface area contributed by atoms with E-state index in [1.54, 1.807) is 30.8 Å². The first kappa shape index (κ1) is 14.0. The third-order valence-corrected chi connectivity index (χ3v) is 3.63. The number of thiazole rings is 1. The van der Waals surface area contributed by atoms with Crippen molar-refractivity contribution < 1.29 is 4.79 Å². The molecule has 1 atom stereocenters. The largest absolute Gasteiger partial charge is 0.337 e. The molecule has 0 radical (unpaired) electrons. The quantitative estimate of drug-likeness (QED) is 0.895. The molecule has 104 valence electrons. The molecule has 0 saturated heterocycles. The number of amides is 2. The first-order valence-corrected chi connectivity index (χ1v) is 6.86. The van der Waals surface area contributed by atoms with Gasteiger partial charge in [-0.3, -0.25) is 10.00 Å².